The molecule has 0 aromatic carbocycles. The van der Waals surface area contributed by atoms with Crippen LogP contribution in [0.15, 0.2) is 23.3 Å². The van der Waals surface area contributed by atoms with Crippen molar-refractivity contribution in [2.75, 3.05) is 0 Å². The van der Waals surface area contributed by atoms with Crippen LogP contribution in [0.2, 0.25) is 0 Å². The van der Waals surface area contributed by atoms with Crippen molar-refractivity contribution in [1.29, 1.82) is 0 Å². The Kier molecular flexibility index (Phi) is 7.54. The summed E-state index contributed by atoms with van der Waals surface area (Å²) in [4.78, 5) is 0. The van der Waals surface area contributed by atoms with Crippen LogP contribution >= 0.6 is 0 Å². The Morgan fingerprint density at radius 2 is 1.75 bits per heavy atom. The summed E-state index contributed by atoms with van der Waals surface area (Å²) < 4.78 is 0. The molecule has 0 spiro atoms. The molecule has 3 aliphatic rings. The molecule has 0 amide bonds. The van der Waals surface area contributed by atoms with Crippen LogP contribution in [0.1, 0.15) is 112 Å². The molecule has 0 unspecified atom stereocenters. The highest BCUT2D eigenvalue weighted by molar-refractivity contribution is 5.26. The monoisotopic (exact) mass is 384 g/mol. The highest BCUT2D eigenvalue weighted by Crippen LogP contribution is 2.60. The van der Waals surface area contributed by atoms with Gasteiger partial charge in [-0.2, -0.15) is 0 Å². The van der Waals surface area contributed by atoms with Gasteiger partial charge in [0.1, 0.15) is 0 Å². The van der Waals surface area contributed by atoms with E-state index in [4.69, 9.17) is 0 Å². The maximum atomic E-state index is 2.66. The van der Waals surface area contributed by atoms with Crippen LogP contribution in [0.3, 0.4) is 0 Å². The Bertz CT molecular complexity index is 553. The Morgan fingerprint density at radius 3 is 2.43 bits per heavy atom. The van der Waals surface area contributed by atoms with E-state index in [1.807, 2.05) is 5.57 Å². The van der Waals surface area contributed by atoms with Gasteiger partial charge < -0.3 is 0 Å². The molecule has 0 radical (unpaired) electrons. The lowest BCUT2D eigenvalue weighted by Crippen LogP contribution is -2.36. The molecule has 0 N–H and O–H groups in total. The number of allylic oxidation sites excluding steroid dienone is 4. The maximum Gasteiger partial charge on any atom is -0.0143 e. The number of hydrogen-bond acceptors (Lipinski definition) is 0. The fraction of sp³-hybridized carbons (Fsp3) is 0.857. The fourth-order valence-electron chi connectivity index (χ4n) is 7.34. The molecule has 0 aliphatic heterocycles. The van der Waals surface area contributed by atoms with Crippen LogP contribution in [0.4, 0.5) is 0 Å². The molecule has 0 aromatic rings. The van der Waals surface area contributed by atoms with Crippen LogP contribution < -0.4 is 0 Å². The Balaban J connectivity index is 1.70. The first-order valence-corrected chi connectivity index (χ1v) is 12.7. The van der Waals surface area contributed by atoms with Gasteiger partial charge in [0.05, 0.1) is 0 Å². The van der Waals surface area contributed by atoms with Crippen molar-refractivity contribution in [2.24, 2.45) is 40.9 Å². The highest BCUT2D eigenvalue weighted by Gasteiger charge is 2.50. The summed E-state index contributed by atoms with van der Waals surface area (Å²) in [5.41, 5.74) is 4.11. The van der Waals surface area contributed by atoms with Crippen LogP contribution in [-0.4, -0.2) is 0 Å². The van der Waals surface area contributed by atoms with E-state index in [9.17, 15) is 0 Å². The molecule has 0 heteroatoms. The van der Waals surface area contributed by atoms with Crippen molar-refractivity contribution in [1.82, 2.24) is 0 Å². The molecule has 3 aliphatic carbocycles. The standard InChI is InChI=1S/C28H48/c1-7-8-9-11-20(2)26-15-16-27-25(12-10-17-28(26,27)6)14-13-24-18-21(3)23(5)22(4)19-24/h13-14,20-23,26-27H,7-12,15-19H2,1-6H3/b24-13?,25-14+/t20-,21-,22-,23?,26-,27+,28-/m1/s1. The van der Waals surface area contributed by atoms with Gasteiger partial charge in [-0.1, -0.05) is 90.5 Å². The van der Waals surface area contributed by atoms with E-state index in [-0.39, 0.29) is 0 Å². The van der Waals surface area contributed by atoms with Gasteiger partial charge in [-0.15, -0.1) is 0 Å². The molecule has 6 atom stereocenters. The Labute approximate surface area is 176 Å². The van der Waals surface area contributed by atoms with Crippen LogP contribution in [0.25, 0.3) is 0 Å². The van der Waals surface area contributed by atoms with Gasteiger partial charge in [-0.3, -0.25) is 0 Å². The SMILES string of the molecule is CCCCC[C@@H](C)[C@H]1CC[C@H]2/C(=C/C=C3C[C@@H](C)C(C)[C@H](C)C3)CCC[C@]12C. The van der Waals surface area contributed by atoms with Gasteiger partial charge in [0.25, 0.3) is 0 Å². The summed E-state index contributed by atoms with van der Waals surface area (Å²) in [5.74, 6) is 5.33. The van der Waals surface area contributed by atoms with Gasteiger partial charge >= 0.3 is 0 Å². The van der Waals surface area contributed by atoms with Crippen molar-refractivity contribution in [3.8, 4) is 0 Å². The smallest absolute Gasteiger partial charge is 0.0143 e. The van der Waals surface area contributed by atoms with Gasteiger partial charge in [0.2, 0.25) is 0 Å². The van der Waals surface area contributed by atoms with E-state index in [0.717, 1.165) is 35.5 Å². The average molecular weight is 385 g/mol. The third-order valence-corrected chi connectivity index (χ3v) is 9.48. The number of fused-ring (bicyclic) bond motifs is 1. The molecule has 3 saturated carbocycles. The molecule has 0 heterocycles. The van der Waals surface area contributed by atoms with Crippen LogP contribution in [0.5, 0.6) is 0 Å². The first-order chi connectivity index (χ1) is 13.4. The summed E-state index contributed by atoms with van der Waals surface area (Å²) >= 11 is 0. The average Bonchev–Trinajstić information content (AvgIpc) is 3.02. The van der Waals surface area contributed by atoms with E-state index in [1.54, 1.807) is 5.57 Å². The van der Waals surface area contributed by atoms with E-state index in [0.29, 0.717) is 5.41 Å². The van der Waals surface area contributed by atoms with Crippen molar-refractivity contribution in [3.05, 3.63) is 23.3 Å². The second-order valence-electron chi connectivity index (χ2n) is 11.4. The lowest BCUT2D eigenvalue weighted by atomic mass is 9.60. The van der Waals surface area contributed by atoms with Gasteiger partial charge in [0, 0.05) is 0 Å². The Morgan fingerprint density at radius 1 is 1.04 bits per heavy atom. The summed E-state index contributed by atoms with van der Waals surface area (Å²) in [6, 6.07) is 0. The summed E-state index contributed by atoms with van der Waals surface area (Å²) in [6.45, 7) is 14.9. The minimum absolute atomic E-state index is 0.579. The normalized spacial score (nSPS) is 41.1. The largest absolute Gasteiger partial charge is 0.0697 e. The predicted molar refractivity (Wildman–Crippen MR) is 124 cm³/mol. The number of rotatable bonds is 6. The second-order valence-corrected chi connectivity index (χ2v) is 11.4. The number of hydrogen-bond donors (Lipinski definition) is 0. The molecule has 3 fully saturated rings. The maximum absolute atomic E-state index is 2.66. The van der Waals surface area contributed by atoms with Crippen molar-refractivity contribution in [2.45, 2.75) is 112 Å². The quantitative estimate of drug-likeness (QED) is 0.401. The minimum Gasteiger partial charge on any atom is -0.0697 e. The summed E-state index contributed by atoms with van der Waals surface area (Å²) in [7, 11) is 0. The zero-order valence-electron chi connectivity index (χ0n) is 19.9. The molecule has 0 aromatic heterocycles. The van der Waals surface area contributed by atoms with Gasteiger partial charge in [-0.05, 0) is 85.9 Å². The van der Waals surface area contributed by atoms with Crippen LogP contribution in [0, 0.1) is 40.9 Å². The van der Waals surface area contributed by atoms with E-state index >= 15 is 0 Å². The first kappa shape index (κ1) is 22.2. The van der Waals surface area contributed by atoms with E-state index in [2.05, 4.69) is 53.7 Å². The zero-order chi connectivity index (χ0) is 20.3. The second kappa shape index (κ2) is 9.53. The van der Waals surface area contributed by atoms with Crippen molar-refractivity contribution < 1.29 is 0 Å². The van der Waals surface area contributed by atoms with E-state index in [1.165, 1.54) is 70.6 Å². The molecule has 160 valence electrons. The molecular formula is C28H48. The summed E-state index contributed by atoms with van der Waals surface area (Å²) in [6.07, 6.45) is 20.7. The number of unbranched alkanes of at least 4 members (excludes halogenated alkanes) is 2. The molecular weight excluding hydrogens is 336 g/mol. The highest BCUT2D eigenvalue weighted by atomic mass is 14.5. The topological polar surface area (TPSA) is 0 Å². The van der Waals surface area contributed by atoms with E-state index < -0.39 is 0 Å². The zero-order valence-corrected chi connectivity index (χ0v) is 19.9. The van der Waals surface area contributed by atoms with Gasteiger partial charge in [0.15, 0.2) is 0 Å². The molecule has 0 bridgehead atoms. The lowest BCUT2D eigenvalue weighted by Gasteiger charge is -2.44. The molecule has 3 rings (SSSR count). The fourth-order valence-corrected chi connectivity index (χ4v) is 7.34. The van der Waals surface area contributed by atoms with Crippen molar-refractivity contribution >= 4 is 0 Å². The molecule has 28 heavy (non-hydrogen) atoms. The molecule has 0 saturated heterocycles. The summed E-state index contributed by atoms with van der Waals surface area (Å²) in [5, 5.41) is 0. The third kappa shape index (κ3) is 4.62. The Hall–Kier alpha value is -0.520. The lowest BCUT2D eigenvalue weighted by molar-refractivity contribution is 0.0932. The first-order valence-electron chi connectivity index (χ1n) is 12.7. The van der Waals surface area contributed by atoms with Gasteiger partial charge in [-0.25, -0.2) is 0 Å². The predicted octanol–water partition coefficient (Wildman–Crippen LogP) is 8.97. The minimum atomic E-state index is 0.579. The third-order valence-electron chi connectivity index (χ3n) is 9.48. The van der Waals surface area contributed by atoms with Crippen molar-refractivity contribution in [3.63, 3.8) is 0 Å². The molecule has 0 nitrogen and oxygen atoms in total. The van der Waals surface area contributed by atoms with Crippen LogP contribution in [-0.2, 0) is 0 Å².